The lowest BCUT2D eigenvalue weighted by atomic mass is 9.89. The van der Waals surface area contributed by atoms with Gasteiger partial charge in [0.1, 0.15) is 17.1 Å². The summed E-state index contributed by atoms with van der Waals surface area (Å²) >= 11 is 0. The van der Waals surface area contributed by atoms with Crippen LogP contribution in [0.5, 0.6) is 11.5 Å². The molecular weight excluding hydrogens is 328 g/mol. The van der Waals surface area contributed by atoms with Crippen molar-refractivity contribution in [3.63, 3.8) is 0 Å². The summed E-state index contributed by atoms with van der Waals surface area (Å²) in [4.78, 5) is 14.8. The Morgan fingerprint density at radius 1 is 1.23 bits per heavy atom. The molecule has 0 radical (unpaired) electrons. The average molecular weight is 354 g/mol. The molecule has 2 aromatic carbocycles. The first-order valence-electron chi connectivity index (χ1n) is 8.74. The summed E-state index contributed by atoms with van der Waals surface area (Å²) in [7, 11) is 5.55. The van der Waals surface area contributed by atoms with E-state index in [9.17, 15) is 4.79 Å². The van der Waals surface area contributed by atoms with Gasteiger partial charge in [-0.3, -0.25) is 4.79 Å². The molecule has 2 aromatic rings. The van der Waals surface area contributed by atoms with Gasteiger partial charge >= 0.3 is 0 Å². The summed E-state index contributed by atoms with van der Waals surface area (Å²) in [6.07, 6.45) is 0.700. The summed E-state index contributed by atoms with van der Waals surface area (Å²) in [5.41, 5.74) is 2.25. The monoisotopic (exact) mass is 354 g/mol. The molecule has 0 spiro atoms. The van der Waals surface area contributed by atoms with Crippen molar-refractivity contribution in [1.29, 1.82) is 0 Å². The predicted molar refractivity (Wildman–Crippen MR) is 103 cm³/mol. The van der Waals surface area contributed by atoms with E-state index < -0.39 is 0 Å². The van der Waals surface area contributed by atoms with Gasteiger partial charge in [-0.25, -0.2) is 0 Å². The number of nitrogens with zero attached hydrogens (tertiary/aromatic N) is 1. The molecule has 0 fully saturated rings. The number of carbonyl (C=O) groups is 1. The predicted octanol–water partition coefficient (Wildman–Crippen LogP) is 3.79. The zero-order valence-corrected chi connectivity index (χ0v) is 16.0. The lowest BCUT2D eigenvalue weighted by Gasteiger charge is -2.38. The second-order valence-corrected chi connectivity index (χ2v) is 7.44. The van der Waals surface area contributed by atoms with Gasteiger partial charge in [0.25, 0.3) is 5.91 Å². The van der Waals surface area contributed by atoms with E-state index in [0.717, 1.165) is 22.7 Å². The molecular formula is C21H26N2O3. The van der Waals surface area contributed by atoms with Crippen LogP contribution in [0.3, 0.4) is 0 Å². The van der Waals surface area contributed by atoms with Crippen LogP contribution in [-0.2, 0) is 0 Å². The lowest BCUT2D eigenvalue weighted by Crippen LogP contribution is -2.41. The maximum Gasteiger partial charge on any atom is 0.251 e. The first kappa shape index (κ1) is 18.1. The lowest BCUT2D eigenvalue weighted by molar-refractivity contribution is 0.0617. The molecule has 1 unspecified atom stereocenters. The highest BCUT2D eigenvalue weighted by Crippen LogP contribution is 2.41. The van der Waals surface area contributed by atoms with Gasteiger partial charge in [-0.2, -0.15) is 0 Å². The van der Waals surface area contributed by atoms with Crippen LogP contribution in [-0.4, -0.2) is 32.7 Å². The molecule has 5 heteroatoms. The molecule has 1 N–H and O–H groups in total. The van der Waals surface area contributed by atoms with Crippen LogP contribution >= 0.6 is 0 Å². The minimum atomic E-state index is -0.372. The van der Waals surface area contributed by atoms with Crippen LogP contribution in [0.15, 0.2) is 42.5 Å². The van der Waals surface area contributed by atoms with Gasteiger partial charge in [0, 0.05) is 43.4 Å². The van der Waals surface area contributed by atoms with Crippen LogP contribution < -0.4 is 19.7 Å². The number of hydrogen-bond donors (Lipinski definition) is 1. The van der Waals surface area contributed by atoms with E-state index in [1.165, 1.54) is 0 Å². The Morgan fingerprint density at radius 3 is 2.69 bits per heavy atom. The van der Waals surface area contributed by atoms with Gasteiger partial charge < -0.3 is 19.7 Å². The van der Waals surface area contributed by atoms with E-state index in [1.807, 2.05) is 75.3 Å². The van der Waals surface area contributed by atoms with E-state index in [1.54, 1.807) is 7.11 Å². The van der Waals surface area contributed by atoms with Crippen molar-refractivity contribution in [1.82, 2.24) is 5.32 Å². The molecule has 3 rings (SSSR count). The number of anilines is 1. The Bertz CT molecular complexity index is 815. The summed E-state index contributed by atoms with van der Waals surface area (Å²) in [5, 5.41) is 3.17. The minimum Gasteiger partial charge on any atom is -0.497 e. The number of ether oxygens (including phenoxy) is 2. The van der Waals surface area contributed by atoms with Crippen LogP contribution in [0.25, 0.3) is 0 Å². The molecule has 0 aromatic heterocycles. The van der Waals surface area contributed by atoms with Gasteiger partial charge in [-0.1, -0.05) is 6.07 Å². The van der Waals surface area contributed by atoms with E-state index in [2.05, 4.69) is 5.32 Å². The number of carbonyl (C=O) groups excluding carboxylic acids is 1. The van der Waals surface area contributed by atoms with E-state index in [0.29, 0.717) is 12.0 Å². The fourth-order valence-electron chi connectivity index (χ4n) is 3.25. The van der Waals surface area contributed by atoms with Gasteiger partial charge in [0.05, 0.1) is 13.2 Å². The number of nitrogens with one attached hydrogen (secondary N) is 1. The smallest absolute Gasteiger partial charge is 0.251 e. The van der Waals surface area contributed by atoms with E-state index in [4.69, 9.17) is 9.47 Å². The van der Waals surface area contributed by atoms with Gasteiger partial charge in [-0.15, -0.1) is 0 Å². The Kier molecular flexibility index (Phi) is 4.81. The summed E-state index contributed by atoms with van der Waals surface area (Å²) < 4.78 is 11.4. The fourth-order valence-corrected chi connectivity index (χ4v) is 3.25. The summed E-state index contributed by atoms with van der Waals surface area (Å²) in [6, 6.07) is 13.2. The van der Waals surface area contributed by atoms with Crippen molar-refractivity contribution in [2.75, 3.05) is 26.1 Å². The average Bonchev–Trinajstić information content (AvgIpc) is 2.60. The molecule has 26 heavy (non-hydrogen) atoms. The van der Waals surface area contributed by atoms with Crippen LogP contribution in [0.2, 0.25) is 0 Å². The standard InChI is InChI=1S/C21H26N2O3/c1-21(2)13-18(17-10-9-16(25-5)12-19(17)26-21)22-20(24)14-7-6-8-15(11-14)23(3)4/h6-12,18H,13H2,1-5H3,(H,22,24). The number of fused-ring (bicyclic) bond motifs is 1. The second kappa shape index (κ2) is 6.90. The second-order valence-electron chi connectivity index (χ2n) is 7.44. The Hall–Kier alpha value is -2.69. The van der Waals surface area contributed by atoms with Gasteiger partial charge in [0.2, 0.25) is 0 Å². The molecule has 0 bridgehead atoms. The third kappa shape index (κ3) is 3.77. The number of methoxy groups -OCH3 is 1. The molecule has 1 heterocycles. The van der Waals surface area contributed by atoms with Crippen molar-refractivity contribution in [3.8, 4) is 11.5 Å². The van der Waals surface area contributed by atoms with Crippen molar-refractivity contribution in [3.05, 3.63) is 53.6 Å². The third-order valence-electron chi connectivity index (χ3n) is 4.61. The summed E-state index contributed by atoms with van der Waals surface area (Å²) in [5.74, 6) is 1.41. The molecule has 5 nitrogen and oxygen atoms in total. The van der Waals surface area contributed by atoms with Gasteiger partial charge in [0.15, 0.2) is 0 Å². The SMILES string of the molecule is COc1ccc2c(c1)OC(C)(C)CC2NC(=O)c1cccc(N(C)C)c1. The molecule has 0 saturated heterocycles. The maximum atomic E-state index is 12.8. The highest BCUT2D eigenvalue weighted by Gasteiger charge is 2.35. The van der Waals surface area contributed by atoms with E-state index in [-0.39, 0.29) is 17.6 Å². The molecule has 1 aliphatic rings. The first-order chi connectivity index (χ1) is 12.3. The number of rotatable bonds is 4. The fraction of sp³-hybridized carbons (Fsp3) is 0.381. The topological polar surface area (TPSA) is 50.8 Å². The Balaban J connectivity index is 1.87. The van der Waals surface area contributed by atoms with Crippen LogP contribution in [0.1, 0.15) is 42.2 Å². The zero-order valence-electron chi connectivity index (χ0n) is 16.0. The molecule has 138 valence electrons. The first-order valence-corrected chi connectivity index (χ1v) is 8.74. The van der Waals surface area contributed by atoms with Crippen molar-refractivity contribution < 1.29 is 14.3 Å². The van der Waals surface area contributed by atoms with Crippen molar-refractivity contribution in [2.24, 2.45) is 0 Å². The largest absolute Gasteiger partial charge is 0.497 e. The number of amides is 1. The summed E-state index contributed by atoms with van der Waals surface area (Å²) in [6.45, 7) is 4.06. The van der Waals surface area contributed by atoms with Gasteiger partial charge in [-0.05, 0) is 44.2 Å². The number of benzene rings is 2. The zero-order chi connectivity index (χ0) is 18.9. The molecule has 0 saturated carbocycles. The van der Waals surface area contributed by atoms with Crippen LogP contribution in [0.4, 0.5) is 5.69 Å². The van der Waals surface area contributed by atoms with Crippen LogP contribution in [0, 0.1) is 0 Å². The maximum absolute atomic E-state index is 12.8. The van der Waals surface area contributed by atoms with Crippen molar-refractivity contribution in [2.45, 2.75) is 31.9 Å². The Morgan fingerprint density at radius 2 is 2.00 bits per heavy atom. The normalized spacial score (nSPS) is 17.7. The molecule has 1 atom stereocenters. The highest BCUT2D eigenvalue weighted by atomic mass is 16.5. The number of hydrogen-bond acceptors (Lipinski definition) is 4. The Labute approximate surface area is 154 Å². The quantitative estimate of drug-likeness (QED) is 0.907. The highest BCUT2D eigenvalue weighted by molar-refractivity contribution is 5.95. The molecule has 0 aliphatic carbocycles. The third-order valence-corrected chi connectivity index (χ3v) is 4.61. The van der Waals surface area contributed by atoms with Crippen molar-refractivity contribution >= 4 is 11.6 Å². The minimum absolute atomic E-state index is 0.0850. The molecule has 1 amide bonds. The molecule has 1 aliphatic heterocycles. The van der Waals surface area contributed by atoms with E-state index >= 15 is 0 Å².